The van der Waals surface area contributed by atoms with E-state index in [2.05, 4.69) is 24.5 Å². The van der Waals surface area contributed by atoms with E-state index in [1.165, 1.54) is 12.1 Å². The van der Waals surface area contributed by atoms with Crippen molar-refractivity contribution in [3.63, 3.8) is 0 Å². The molecule has 250 valence electrons. The molecule has 1 fully saturated rings. The van der Waals surface area contributed by atoms with Crippen LogP contribution in [0, 0.1) is 0 Å². The van der Waals surface area contributed by atoms with E-state index in [0.717, 1.165) is 37.3 Å². The second-order valence-corrected chi connectivity index (χ2v) is 12.4. The SMILES string of the molecule is CCCC(CCC)N1CCn2c(C(=O)N[C@@H](Cc3ccccc3)[C@@H](O)CNC3(c4cccc(C(F)(F)F)c4)CC3)ccc2C1=O.Cl. The number of halogens is 4. The molecule has 0 saturated heterocycles. The lowest BCUT2D eigenvalue weighted by atomic mass is 9.98. The zero-order valence-corrected chi connectivity index (χ0v) is 27.2. The Labute approximate surface area is 275 Å². The van der Waals surface area contributed by atoms with Crippen LogP contribution in [-0.4, -0.2) is 57.7 Å². The minimum absolute atomic E-state index is 0. The lowest BCUT2D eigenvalue weighted by Crippen LogP contribution is -2.51. The van der Waals surface area contributed by atoms with Crippen LogP contribution in [0.1, 0.15) is 90.0 Å². The summed E-state index contributed by atoms with van der Waals surface area (Å²) >= 11 is 0. The minimum Gasteiger partial charge on any atom is -0.390 e. The smallest absolute Gasteiger partial charge is 0.390 e. The van der Waals surface area contributed by atoms with Gasteiger partial charge in [-0.25, -0.2) is 0 Å². The Morgan fingerprint density at radius 3 is 2.30 bits per heavy atom. The molecule has 3 aromatic rings. The Balaban J connectivity index is 0.00000480. The second-order valence-electron chi connectivity index (χ2n) is 12.4. The monoisotopic (exact) mass is 660 g/mol. The van der Waals surface area contributed by atoms with Gasteiger partial charge in [0.2, 0.25) is 0 Å². The third-order valence-corrected chi connectivity index (χ3v) is 9.16. The molecule has 0 unspecified atom stereocenters. The number of rotatable bonds is 14. The molecule has 1 aliphatic carbocycles. The number of carbonyl (C=O) groups excluding carboxylic acids is 2. The van der Waals surface area contributed by atoms with Gasteiger partial charge in [0, 0.05) is 31.2 Å². The third-order valence-electron chi connectivity index (χ3n) is 9.16. The first kappa shape index (κ1) is 35.5. The predicted octanol–water partition coefficient (Wildman–Crippen LogP) is 6.33. The zero-order chi connectivity index (χ0) is 32.2. The van der Waals surface area contributed by atoms with Gasteiger partial charge in [0.25, 0.3) is 11.8 Å². The lowest BCUT2D eigenvalue weighted by molar-refractivity contribution is -0.137. The van der Waals surface area contributed by atoms with Gasteiger partial charge in [-0.05, 0) is 67.5 Å². The Bertz CT molecular complexity index is 1470. The number of aromatic nitrogens is 1. The molecule has 1 aliphatic heterocycles. The maximum atomic E-state index is 13.7. The molecule has 0 spiro atoms. The van der Waals surface area contributed by atoms with Gasteiger partial charge < -0.3 is 25.2 Å². The molecule has 46 heavy (non-hydrogen) atoms. The van der Waals surface area contributed by atoms with Crippen LogP contribution in [0.3, 0.4) is 0 Å². The van der Waals surface area contributed by atoms with Crippen molar-refractivity contribution < 1.29 is 27.9 Å². The Morgan fingerprint density at radius 2 is 1.67 bits per heavy atom. The standard InChI is InChI=1S/C35H43F3N4O3.ClH/c1-3-9-27(10-4-2)41-19-20-42-29(15-16-30(42)33(41)45)32(44)40-28(21-24-11-6-5-7-12-24)31(43)23-39-34(17-18-34)25-13-8-14-26(22-25)35(36,37)38;/h5-8,11-16,22,27-28,31,39,43H,3-4,9-10,17-21,23H2,1-2H3,(H,40,44);1H/t28-,31-;/m0./s1. The maximum absolute atomic E-state index is 13.7. The third kappa shape index (κ3) is 7.96. The molecule has 2 amide bonds. The number of hydrogen-bond donors (Lipinski definition) is 3. The molecule has 2 aliphatic rings. The number of aliphatic hydroxyl groups is 1. The number of carbonyl (C=O) groups is 2. The summed E-state index contributed by atoms with van der Waals surface area (Å²) in [5, 5.41) is 17.7. The van der Waals surface area contributed by atoms with Crippen molar-refractivity contribution in [1.29, 1.82) is 0 Å². The quantitative estimate of drug-likeness (QED) is 0.189. The van der Waals surface area contributed by atoms with E-state index >= 15 is 0 Å². The fraction of sp³-hybridized carbons (Fsp3) is 0.486. The van der Waals surface area contributed by atoms with Crippen molar-refractivity contribution in [2.45, 2.75) is 95.2 Å². The van der Waals surface area contributed by atoms with E-state index < -0.39 is 29.4 Å². The number of hydrogen-bond acceptors (Lipinski definition) is 4. The lowest BCUT2D eigenvalue weighted by Gasteiger charge is -2.36. The van der Waals surface area contributed by atoms with Crippen molar-refractivity contribution in [3.8, 4) is 0 Å². The van der Waals surface area contributed by atoms with E-state index in [4.69, 9.17) is 0 Å². The summed E-state index contributed by atoms with van der Waals surface area (Å²) in [6.07, 6.45) is 0.0333. The van der Waals surface area contributed by atoms with Gasteiger partial charge in [-0.1, -0.05) is 69.2 Å². The first-order valence-electron chi connectivity index (χ1n) is 16.0. The maximum Gasteiger partial charge on any atom is 0.416 e. The van der Waals surface area contributed by atoms with E-state index in [0.29, 0.717) is 49.3 Å². The number of aliphatic hydroxyl groups excluding tert-OH is 1. The van der Waals surface area contributed by atoms with Gasteiger partial charge in [0.1, 0.15) is 11.4 Å². The molecular weight excluding hydrogens is 617 g/mol. The number of nitrogens with zero attached hydrogens (tertiary/aromatic N) is 2. The van der Waals surface area contributed by atoms with Crippen molar-refractivity contribution in [2.24, 2.45) is 0 Å². The van der Waals surface area contributed by atoms with Gasteiger partial charge >= 0.3 is 6.18 Å². The van der Waals surface area contributed by atoms with Crippen LogP contribution in [0.15, 0.2) is 66.7 Å². The first-order valence-corrected chi connectivity index (χ1v) is 16.0. The molecule has 0 radical (unpaired) electrons. The highest BCUT2D eigenvalue weighted by Crippen LogP contribution is 2.46. The van der Waals surface area contributed by atoms with Crippen LogP contribution in [0.4, 0.5) is 13.2 Å². The number of nitrogens with one attached hydrogen (secondary N) is 2. The Hall–Kier alpha value is -3.34. The van der Waals surface area contributed by atoms with Crippen LogP contribution in [0.25, 0.3) is 0 Å². The topological polar surface area (TPSA) is 86.6 Å². The fourth-order valence-corrected chi connectivity index (χ4v) is 6.54. The summed E-state index contributed by atoms with van der Waals surface area (Å²) in [4.78, 5) is 29.1. The highest BCUT2D eigenvalue weighted by molar-refractivity contribution is 5.99. The molecule has 2 atom stereocenters. The van der Waals surface area contributed by atoms with Crippen LogP contribution >= 0.6 is 12.4 Å². The van der Waals surface area contributed by atoms with Gasteiger partial charge in [0.05, 0.1) is 17.7 Å². The van der Waals surface area contributed by atoms with Crippen molar-refractivity contribution in [2.75, 3.05) is 13.1 Å². The van der Waals surface area contributed by atoms with Crippen LogP contribution < -0.4 is 10.6 Å². The summed E-state index contributed by atoms with van der Waals surface area (Å²) in [6.45, 7) is 5.35. The molecular formula is C35H44ClF3N4O3. The molecule has 1 saturated carbocycles. The molecule has 2 aromatic carbocycles. The summed E-state index contributed by atoms with van der Waals surface area (Å²) in [7, 11) is 0. The van der Waals surface area contributed by atoms with Gasteiger partial charge in [-0.2, -0.15) is 13.2 Å². The number of amides is 2. The Kier molecular flexibility index (Phi) is 11.6. The summed E-state index contributed by atoms with van der Waals surface area (Å²) < 4.78 is 41.8. The number of alkyl halides is 3. The minimum atomic E-state index is -4.44. The molecule has 5 rings (SSSR count). The normalized spacial score (nSPS) is 16.8. The fourth-order valence-electron chi connectivity index (χ4n) is 6.54. The highest BCUT2D eigenvalue weighted by Gasteiger charge is 2.45. The van der Waals surface area contributed by atoms with Crippen LogP contribution in [0.2, 0.25) is 0 Å². The van der Waals surface area contributed by atoms with Crippen molar-refractivity contribution in [3.05, 3.63) is 94.8 Å². The molecule has 3 N–H and O–H groups in total. The van der Waals surface area contributed by atoms with Crippen molar-refractivity contribution >= 4 is 24.2 Å². The van der Waals surface area contributed by atoms with Gasteiger partial charge in [-0.15, -0.1) is 12.4 Å². The summed E-state index contributed by atoms with van der Waals surface area (Å²) in [5.41, 5.74) is 0.951. The molecule has 0 bridgehead atoms. The molecule has 7 nitrogen and oxygen atoms in total. The first-order chi connectivity index (χ1) is 21.6. The summed E-state index contributed by atoms with van der Waals surface area (Å²) in [6, 6.07) is 17.7. The highest BCUT2D eigenvalue weighted by atomic mass is 35.5. The Morgan fingerprint density at radius 1 is 0.978 bits per heavy atom. The molecule has 1 aromatic heterocycles. The number of fused-ring (bicyclic) bond motifs is 1. The van der Waals surface area contributed by atoms with E-state index in [1.54, 1.807) is 22.8 Å². The van der Waals surface area contributed by atoms with E-state index in [9.17, 15) is 27.9 Å². The van der Waals surface area contributed by atoms with Gasteiger partial charge in [-0.3, -0.25) is 9.59 Å². The average Bonchev–Trinajstić information content (AvgIpc) is 3.69. The molecule has 2 heterocycles. The van der Waals surface area contributed by atoms with Gasteiger partial charge in [0.15, 0.2) is 0 Å². The second kappa shape index (κ2) is 15.0. The van der Waals surface area contributed by atoms with Crippen LogP contribution in [-0.2, 0) is 24.7 Å². The largest absolute Gasteiger partial charge is 0.416 e. The zero-order valence-electron chi connectivity index (χ0n) is 26.4. The summed E-state index contributed by atoms with van der Waals surface area (Å²) in [5.74, 6) is -0.457. The molecule has 11 heteroatoms. The van der Waals surface area contributed by atoms with E-state index in [1.807, 2.05) is 35.2 Å². The average molecular weight is 661 g/mol. The predicted molar refractivity (Wildman–Crippen MR) is 174 cm³/mol. The number of benzene rings is 2. The van der Waals surface area contributed by atoms with E-state index in [-0.39, 0.29) is 36.8 Å². The van der Waals surface area contributed by atoms with Crippen LogP contribution in [0.5, 0.6) is 0 Å². The van der Waals surface area contributed by atoms with Crippen molar-refractivity contribution in [1.82, 2.24) is 20.1 Å².